The van der Waals surface area contributed by atoms with Gasteiger partial charge in [-0.2, -0.15) is 0 Å². The second-order valence-corrected chi connectivity index (χ2v) is 5.04. The normalized spacial score (nSPS) is 13.9. The van der Waals surface area contributed by atoms with Crippen LogP contribution in [0.1, 0.15) is 24.1 Å². The SMILES string of the molecule is CC(Cc1ccc(F)cc1)NC(CO)c1ccccc1. The summed E-state index contributed by atoms with van der Waals surface area (Å²) in [4.78, 5) is 0. The van der Waals surface area contributed by atoms with Gasteiger partial charge in [-0.3, -0.25) is 0 Å². The van der Waals surface area contributed by atoms with Gasteiger partial charge >= 0.3 is 0 Å². The van der Waals surface area contributed by atoms with E-state index in [1.807, 2.05) is 30.3 Å². The minimum atomic E-state index is -0.216. The quantitative estimate of drug-likeness (QED) is 0.847. The number of halogens is 1. The lowest BCUT2D eigenvalue weighted by molar-refractivity contribution is 0.234. The fourth-order valence-corrected chi connectivity index (χ4v) is 2.32. The number of rotatable bonds is 6. The number of benzene rings is 2. The third-order valence-electron chi connectivity index (χ3n) is 3.33. The van der Waals surface area contributed by atoms with E-state index in [1.165, 1.54) is 12.1 Å². The van der Waals surface area contributed by atoms with Gasteiger partial charge < -0.3 is 10.4 Å². The Hall–Kier alpha value is -1.71. The molecule has 2 aromatic carbocycles. The number of nitrogens with one attached hydrogen (secondary N) is 1. The van der Waals surface area contributed by atoms with Gasteiger partial charge in [0.25, 0.3) is 0 Å². The Bertz CT molecular complexity index is 512. The largest absolute Gasteiger partial charge is 0.394 e. The van der Waals surface area contributed by atoms with E-state index in [0.717, 1.165) is 17.5 Å². The molecule has 106 valence electrons. The third kappa shape index (κ3) is 4.15. The Morgan fingerprint density at radius 2 is 1.70 bits per heavy atom. The molecule has 2 unspecified atom stereocenters. The average molecular weight is 273 g/mol. The van der Waals surface area contributed by atoms with E-state index >= 15 is 0 Å². The summed E-state index contributed by atoms with van der Waals surface area (Å²) in [6.07, 6.45) is 0.795. The Morgan fingerprint density at radius 3 is 2.30 bits per heavy atom. The summed E-state index contributed by atoms with van der Waals surface area (Å²) < 4.78 is 12.9. The zero-order valence-corrected chi connectivity index (χ0v) is 11.6. The zero-order valence-electron chi connectivity index (χ0n) is 11.6. The second-order valence-electron chi connectivity index (χ2n) is 5.04. The molecule has 0 bridgehead atoms. The highest BCUT2D eigenvalue weighted by molar-refractivity contribution is 5.20. The molecule has 0 amide bonds. The zero-order chi connectivity index (χ0) is 14.4. The van der Waals surface area contributed by atoms with Gasteiger partial charge in [-0.15, -0.1) is 0 Å². The van der Waals surface area contributed by atoms with Crippen molar-refractivity contribution in [2.45, 2.75) is 25.4 Å². The van der Waals surface area contributed by atoms with Crippen LogP contribution in [0.25, 0.3) is 0 Å². The van der Waals surface area contributed by atoms with Gasteiger partial charge in [0.15, 0.2) is 0 Å². The molecule has 0 spiro atoms. The number of hydrogen-bond donors (Lipinski definition) is 2. The molecule has 0 aliphatic heterocycles. The van der Waals surface area contributed by atoms with Gasteiger partial charge in [-0.1, -0.05) is 42.5 Å². The molecule has 0 fully saturated rings. The molecule has 2 nitrogen and oxygen atoms in total. The first-order valence-electron chi connectivity index (χ1n) is 6.85. The first-order chi connectivity index (χ1) is 9.69. The van der Waals surface area contributed by atoms with E-state index in [-0.39, 0.29) is 24.5 Å². The maximum absolute atomic E-state index is 12.9. The lowest BCUT2D eigenvalue weighted by Crippen LogP contribution is -2.34. The van der Waals surface area contributed by atoms with Crippen molar-refractivity contribution in [2.24, 2.45) is 0 Å². The van der Waals surface area contributed by atoms with Crippen LogP contribution < -0.4 is 5.32 Å². The highest BCUT2D eigenvalue weighted by Crippen LogP contribution is 2.14. The third-order valence-corrected chi connectivity index (χ3v) is 3.33. The molecule has 3 heteroatoms. The summed E-state index contributed by atoms with van der Waals surface area (Å²) in [5.74, 6) is -0.216. The maximum atomic E-state index is 12.9. The molecular formula is C17H20FNO. The molecule has 2 atom stereocenters. The first-order valence-corrected chi connectivity index (χ1v) is 6.85. The van der Waals surface area contributed by atoms with Gasteiger partial charge in [-0.05, 0) is 36.6 Å². The average Bonchev–Trinajstić information content (AvgIpc) is 2.48. The summed E-state index contributed by atoms with van der Waals surface area (Å²) in [6.45, 7) is 2.12. The fraction of sp³-hybridized carbons (Fsp3) is 0.294. The molecule has 2 aromatic rings. The van der Waals surface area contributed by atoms with Crippen LogP contribution in [0.2, 0.25) is 0 Å². The molecule has 2 rings (SSSR count). The number of aliphatic hydroxyl groups is 1. The molecule has 0 aliphatic carbocycles. The summed E-state index contributed by atoms with van der Waals surface area (Å²) in [6, 6.07) is 16.5. The highest BCUT2D eigenvalue weighted by Gasteiger charge is 2.13. The van der Waals surface area contributed by atoms with Crippen molar-refractivity contribution in [1.82, 2.24) is 5.32 Å². The standard InChI is InChI=1S/C17H20FNO/c1-13(11-14-7-9-16(18)10-8-14)19-17(12-20)15-5-3-2-4-6-15/h2-10,13,17,19-20H,11-12H2,1H3. The maximum Gasteiger partial charge on any atom is 0.123 e. The molecule has 20 heavy (non-hydrogen) atoms. The van der Waals surface area contributed by atoms with E-state index < -0.39 is 0 Å². The smallest absolute Gasteiger partial charge is 0.123 e. The van der Waals surface area contributed by atoms with Crippen LogP contribution in [0.15, 0.2) is 54.6 Å². The summed E-state index contributed by atoms with van der Waals surface area (Å²) in [5, 5.41) is 12.9. The van der Waals surface area contributed by atoms with E-state index in [9.17, 15) is 9.50 Å². The molecule has 0 aromatic heterocycles. The van der Waals surface area contributed by atoms with Crippen molar-refractivity contribution >= 4 is 0 Å². The van der Waals surface area contributed by atoms with Gasteiger partial charge in [-0.25, -0.2) is 4.39 Å². The highest BCUT2D eigenvalue weighted by atomic mass is 19.1. The number of aliphatic hydroxyl groups excluding tert-OH is 1. The topological polar surface area (TPSA) is 32.3 Å². The van der Waals surface area contributed by atoms with Crippen molar-refractivity contribution in [3.05, 3.63) is 71.5 Å². The fourth-order valence-electron chi connectivity index (χ4n) is 2.32. The van der Waals surface area contributed by atoms with Crippen LogP contribution in [0.4, 0.5) is 4.39 Å². The molecular weight excluding hydrogens is 253 g/mol. The minimum absolute atomic E-state index is 0.0533. The Kier molecular flexibility index (Phi) is 5.27. The Balaban J connectivity index is 1.95. The van der Waals surface area contributed by atoms with Gasteiger partial charge in [0.1, 0.15) is 5.82 Å². The molecule has 0 saturated heterocycles. The monoisotopic (exact) mass is 273 g/mol. The van der Waals surface area contributed by atoms with Gasteiger partial charge in [0.05, 0.1) is 12.6 Å². The summed E-state index contributed by atoms with van der Waals surface area (Å²) >= 11 is 0. The minimum Gasteiger partial charge on any atom is -0.394 e. The lowest BCUT2D eigenvalue weighted by Gasteiger charge is -2.22. The van der Waals surface area contributed by atoms with Crippen LogP contribution in [0, 0.1) is 5.82 Å². The van der Waals surface area contributed by atoms with E-state index in [4.69, 9.17) is 0 Å². The molecule has 0 saturated carbocycles. The Labute approximate surface area is 119 Å². The van der Waals surface area contributed by atoms with Crippen molar-refractivity contribution < 1.29 is 9.50 Å². The van der Waals surface area contributed by atoms with Crippen molar-refractivity contribution in [1.29, 1.82) is 0 Å². The van der Waals surface area contributed by atoms with Gasteiger partial charge in [0, 0.05) is 6.04 Å². The first kappa shape index (κ1) is 14.7. The summed E-state index contributed by atoms with van der Waals surface area (Å²) in [5.41, 5.74) is 2.15. The van der Waals surface area contributed by atoms with Crippen LogP contribution in [0.5, 0.6) is 0 Å². The van der Waals surface area contributed by atoms with Crippen LogP contribution >= 0.6 is 0 Å². The molecule has 2 N–H and O–H groups in total. The van der Waals surface area contributed by atoms with E-state index in [2.05, 4.69) is 12.2 Å². The molecule has 0 radical (unpaired) electrons. The summed E-state index contributed by atoms with van der Waals surface area (Å²) in [7, 11) is 0. The van der Waals surface area contributed by atoms with Crippen molar-refractivity contribution in [3.8, 4) is 0 Å². The van der Waals surface area contributed by atoms with Gasteiger partial charge in [0.2, 0.25) is 0 Å². The molecule has 0 heterocycles. The van der Waals surface area contributed by atoms with E-state index in [1.54, 1.807) is 12.1 Å². The van der Waals surface area contributed by atoms with Crippen molar-refractivity contribution in [3.63, 3.8) is 0 Å². The molecule has 0 aliphatic rings. The second kappa shape index (κ2) is 7.17. The Morgan fingerprint density at radius 1 is 1.05 bits per heavy atom. The van der Waals surface area contributed by atoms with Crippen LogP contribution in [-0.2, 0) is 6.42 Å². The number of hydrogen-bond acceptors (Lipinski definition) is 2. The van der Waals surface area contributed by atoms with Crippen molar-refractivity contribution in [2.75, 3.05) is 6.61 Å². The predicted molar refractivity (Wildman–Crippen MR) is 79.0 cm³/mol. The van der Waals surface area contributed by atoms with E-state index in [0.29, 0.717) is 0 Å². The van der Waals surface area contributed by atoms with Crippen LogP contribution in [-0.4, -0.2) is 17.8 Å². The lowest BCUT2D eigenvalue weighted by atomic mass is 10.0. The van der Waals surface area contributed by atoms with Crippen LogP contribution in [0.3, 0.4) is 0 Å². The predicted octanol–water partition coefficient (Wildman–Crippen LogP) is 3.08.